The van der Waals surface area contributed by atoms with Gasteiger partial charge in [-0.3, -0.25) is 10.1 Å². The molecule has 1 aliphatic rings. The van der Waals surface area contributed by atoms with Crippen LogP contribution in [-0.2, 0) is 4.74 Å². The third-order valence-corrected chi connectivity index (χ3v) is 4.20. The number of nitro benzene ring substituents is 1. The molecule has 2 rings (SSSR count). The van der Waals surface area contributed by atoms with Crippen LogP contribution in [0.5, 0.6) is 0 Å². The van der Waals surface area contributed by atoms with Crippen LogP contribution in [0.4, 0.5) is 11.4 Å². The maximum Gasteiger partial charge on any atom is 0.274 e. The van der Waals surface area contributed by atoms with Crippen LogP contribution in [0, 0.1) is 17.0 Å². The van der Waals surface area contributed by atoms with Gasteiger partial charge in [-0.15, -0.1) is 0 Å². The van der Waals surface area contributed by atoms with E-state index < -0.39 is 0 Å². The van der Waals surface area contributed by atoms with Crippen molar-refractivity contribution in [3.05, 3.63) is 32.3 Å². The van der Waals surface area contributed by atoms with Crippen molar-refractivity contribution in [2.45, 2.75) is 45.3 Å². The van der Waals surface area contributed by atoms with Crippen molar-refractivity contribution in [3.8, 4) is 0 Å². The average molecular weight is 343 g/mol. The van der Waals surface area contributed by atoms with E-state index in [2.05, 4.69) is 35.1 Å². The number of anilines is 1. The summed E-state index contributed by atoms with van der Waals surface area (Å²) < 4.78 is 6.54. The van der Waals surface area contributed by atoms with Crippen LogP contribution in [0.15, 0.2) is 16.6 Å². The van der Waals surface area contributed by atoms with Crippen molar-refractivity contribution >= 4 is 27.3 Å². The molecule has 1 saturated heterocycles. The first-order valence-corrected chi connectivity index (χ1v) is 7.43. The minimum Gasteiger partial charge on any atom is -0.381 e. The lowest BCUT2D eigenvalue weighted by molar-refractivity contribution is -0.385. The van der Waals surface area contributed by atoms with Crippen LogP contribution in [0.2, 0.25) is 0 Å². The molecule has 5 nitrogen and oxygen atoms in total. The first-order chi connectivity index (χ1) is 9.28. The van der Waals surface area contributed by atoms with Crippen molar-refractivity contribution in [1.29, 1.82) is 0 Å². The third-order valence-electron chi connectivity index (χ3n) is 3.54. The standard InChI is InChI=1S/C14H19BrN2O3/c1-9-6-11(15)12(7-13(9)17(18)19)16-10-4-5-20-14(2,3)8-10/h6-7,10,16H,4-5,8H2,1-3H3. The first kappa shape index (κ1) is 15.3. The largest absolute Gasteiger partial charge is 0.381 e. The minimum absolute atomic E-state index is 0.141. The highest BCUT2D eigenvalue weighted by Crippen LogP contribution is 2.33. The highest BCUT2D eigenvalue weighted by molar-refractivity contribution is 9.10. The monoisotopic (exact) mass is 342 g/mol. The lowest BCUT2D eigenvalue weighted by Gasteiger charge is -2.36. The van der Waals surface area contributed by atoms with Crippen LogP contribution in [0.3, 0.4) is 0 Å². The molecule has 0 saturated carbocycles. The quantitative estimate of drug-likeness (QED) is 0.665. The number of rotatable bonds is 3. The maximum atomic E-state index is 11.0. The molecule has 1 aromatic rings. The van der Waals surface area contributed by atoms with Gasteiger partial charge in [-0.1, -0.05) is 0 Å². The van der Waals surface area contributed by atoms with Gasteiger partial charge >= 0.3 is 0 Å². The van der Waals surface area contributed by atoms with Gasteiger partial charge in [0, 0.05) is 28.8 Å². The van der Waals surface area contributed by atoms with Crippen LogP contribution in [0.25, 0.3) is 0 Å². The van der Waals surface area contributed by atoms with E-state index in [1.54, 1.807) is 19.1 Å². The van der Waals surface area contributed by atoms with Gasteiger partial charge < -0.3 is 10.1 Å². The highest BCUT2D eigenvalue weighted by atomic mass is 79.9. The zero-order chi connectivity index (χ0) is 14.9. The van der Waals surface area contributed by atoms with E-state index in [0.717, 1.165) is 23.0 Å². The molecular formula is C14H19BrN2O3. The maximum absolute atomic E-state index is 11.0. The van der Waals surface area contributed by atoms with E-state index in [-0.39, 0.29) is 22.3 Å². The number of halogens is 1. The van der Waals surface area contributed by atoms with Gasteiger partial charge in [0.25, 0.3) is 5.69 Å². The Hall–Kier alpha value is -1.14. The summed E-state index contributed by atoms with van der Waals surface area (Å²) >= 11 is 3.47. The second-order valence-corrected chi connectivity index (χ2v) is 6.67. The van der Waals surface area contributed by atoms with Crippen molar-refractivity contribution in [1.82, 2.24) is 0 Å². The molecule has 110 valence electrons. The number of aryl methyl sites for hydroxylation is 1. The Labute approximate surface area is 127 Å². The van der Waals surface area contributed by atoms with Gasteiger partial charge in [-0.05, 0) is 55.6 Å². The normalized spacial score (nSPS) is 21.5. The lowest BCUT2D eigenvalue weighted by Crippen LogP contribution is -2.40. The number of nitrogens with one attached hydrogen (secondary N) is 1. The first-order valence-electron chi connectivity index (χ1n) is 6.63. The van der Waals surface area contributed by atoms with E-state index >= 15 is 0 Å². The van der Waals surface area contributed by atoms with Crippen molar-refractivity contribution in [2.24, 2.45) is 0 Å². The van der Waals surface area contributed by atoms with Gasteiger partial charge in [0.15, 0.2) is 0 Å². The Morgan fingerprint density at radius 1 is 1.50 bits per heavy atom. The topological polar surface area (TPSA) is 64.4 Å². The molecule has 6 heteroatoms. The SMILES string of the molecule is Cc1cc(Br)c(NC2CCOC(C)(C)C2)cc1[N+](=O)[O-]. The zero-order valence-electron chi connectivity index (χ0n) is 11.9. The Bertz CT molecular complexity index is 531. The zero-order valence-corrected chi connectivity index (χ0v) is 13.5. The van der Waals surface area contributed by atoms with Gasteiger partial charge in [0.2, 0.25) is 0 Å². The average Bonchev–Trinajstić information content (AvgIpc) is 2.31. The molecule has 1 aliphatic heterocycles. The van der Waals surface area contributed by atoms with E-state index in [1.165, 1.54) is 0 Å². The smallest absolute Gasteiger partial charge is 0.274 e. The minimum atomic E-state index is -0.346. The summed E-state index contributed by atoms with van der Waals surface area (Å²) in [7, 11) is 0. The third kappa shape index (κ3) is 3.49. The second-order valence-electron chi connectivity index (χ2n) is 5.82. The fourth-order valence-electron chi connectivity index (χ4n) is 2.54. The summed E-state index contributed by atoms with van der Waals surface area (Å²) in [4.78, 5) is 10.7. The van der Waals surface area contributed by atoms with Gasteiger partial charge in [0.05, 0.1) is 16.2 Å². The predicted molar refractivity (Wildman–Crippen MR) is 82.2 cm³/mol. The second kappa shape index (κ2) is 5.69. The molecule has 20 heavy (non-hydrogen) atoms. The predicted octanol–water partition coefficient (Wildman–Crippen LogP) is 4.04. The van der Waals surface area contributed by atoms with E-state index in [4.69, 9.17) is 4.74 Å². The van der Waals surface area contributed by atoms with Crippen molar-refractivity contribution in [2.75, 3.05) is 11.9 Å². The number of hydrogen-bond donors (Lipinski definition) is 1. The number of ether oxygens (including phenoxy) is 1. The fourth-order valence-corrected chi connectivity index (χ4v) is 3.12. The van der Waals surface area contributed by atoms with E-state index in [1.807, 2.05) is 0 Å². The Morgan fingerprint density at radius 3 is 2.80 bits per heavy atom. The molecule has 1 fully saturated rings. The summed E-state index contributed by atoms with van der Waals surface area (Å²) in [6.45, 7) is 6.57. The van der Waals surface area contributed by atoms with E-state index in [0.29, 0.717) is 12.2 Å². The molecule has 0 spiro atoms. The summed E-state index contributed by atoms with van der Waals surface area (Å²) in [5.74, 6) is 0. The van der Waals surface area contributed by atoms with Crippen LogP contribution < -0.4 is 5.32 Å². The van der Waals surface area contributed by atoms with Crippen LogP contribution in [0.1, 0.15) is 32.3 Å². The Kier molecular flexibility index (Phi) is 4.34. The summed E-state index contributed by atoms with van der Waals surface area (Å²) in [5, 5.41) is 14.4. The van der Waals surface area contributed by atoms with Crippen LogP contribution in [-0.4, -0.2) is 23.2 Å². The van der Waals surface area contributed by atoms with Crippen molar-refractivity contribution < 1.29 is 9.66 Å². The molecule has 0 aromatic heterocycles. The lowest BCUT2D eigenvalue weighted by atomic mass is 9.94. The highest BCUT2D eigenvalue weighted by Gasteiger charge is 2.29. The van der Waals surface area contributed by atoms with Gasteiger partial charge in [0.1, 0.15) is 0 Å². The van der Waals surface area contributed by atoms with Gasteiger partial charge in [-0.2, -0.15) is 0 Å². The summed E-state index contributed by atoms with van der Waals surface area (Å²) in [6.07, 6.45) is 1.78. The molecule has 1 unspecified atom stereocenters. The van der Waals surface area contributed by atoms with Gasteiger partial charge in [-0.25, -0.2) is 0 Å². The molecule has 1 N–H and O–H groups in total. The molecule has 1 atom stereocenters. The van der Waals surface area contributed by atoms with Crippen LogP contribution >= 0.6 is 15.9 Å². The Morgan fingerprint density at radius 2 is 2.20 bits per heavy atom. The molecule has 0 bridgehead atoms. The Balaban J connectivity index is 2.21. The molecular weight excluding hydrogens is 324 g/mol. The molecule has 0 amide bonds. The molecule has 1 heterocycles. The van der Waals surface area contributed by atoms with Crippen molar-refractivity contribution in [3.63, 3.8) is 0 Å². The molecule has 0 aliphatic carbocycles. The fraction of sp³-hybridized carbons (Fsp3) is 0.571. The van der Waals surface area contributed by atoms with E-state index in [9.17, 15) is 10.1 Å². The number of benzene rings is 1. The summed E-state index contributed by atoms with van der Waals surface area (Å²) in [5.41, 5.74) is 1.41. The number of nitrogens with zero attached hydrogens (tertiary/aromatic N) is 1. The number of nitro groups is 1. The molecule has 0 radical (unpaired) electrons. The molecule has 1 aromatic carbocycles. The summed E-state index contributed by atoms with van der Waals surface area (Å²) in [6, 6.07) is 3.64. The number of hydrogen-bond acceptors (Lipinski definition) is 4.